The molecule has 29 heavy (non-hydrogen) atoms. The third-order valence-corrected chi connectivity index (χ3v) is 7.16. The Bertz CT molecular complexity index is 472. The number of esters is 1. The Hall–Kier alpha value is -0.690. The second-order valence-corrected chi connectivity index (χ2v) is 9.09. The number of hydrogen-bond donors (Lipinski definition) is 2. The minimum absolute atomic E-state index is 0.0718. The summed E-state index contributed by atoms with van der Waals surface area (Å²) in [6, 6.07) is 0. The second-order valence-electron chi connectivity index (χ2n) is 9.09. The zero-order valence-corrected chi connectivity index (χ0v) is 19.4. The fraction of sp³-hybridized carbons (Fsp3) is 0.957. The molecule has 1 aliphatic heterocycles. The van der Waals surface area contributed by atoms with Crippen LogP contribution in [0.1, 0.15) is 92.9 Å². The van der Waals surface area contributed by atoms with Gasteiger partial charge in [-0.2, -0.15) is 0 Å². The topological polar surface area (TPSA) is 85.2 Å². The van der Waals surface area contributed by atoms with Crippen molar-refractivity contribution >= 4 is 5.97 Å². The first-order valence-corrected chi connectivity index (χ1v) is 11.4. The first-order valence-electron chi connectivity index (χ1n) is 11.4. The Morgan fingerprint density at radius 3 is 2.17 bits per heavy atom. The molecule has 0 spiro atoms. The molecule has 1 saturated heterocycles. The van der Waals surface area contributed by atoms with E-state index < -0.39 is 18.5 Å². The lowest BCUT2D eigenvalue weighted by Crippen LogP contribution is -2.33. The van der Waals surface area contributed by atoms with Crippen LogP contribution in [0.25, 0.3) is 0 Å². The third kappa shape index (κ3) is 8.16. The summed E-state index contributed by atoms with van der Waals surface area (Å²) in [6.07, 6.45) is 5.12. The first kappa shape index (κ1) is 26.3. The van der Waals surface area contributed by atoms with Crippen LogP contribution in [-0.4, -0.2) is 54.0 Å². The summed E-state index contributed by atoms with van der Waals surface area (Å²) in [5.74, 6) is -0.284. The van der Waals surface area contributed by atoms with E-state index in [-0.39, 0.29) is 24.1 Å². The largest absolute Gasteiger partial charge is 0.462 e. The second kappa shape index (κ2) is 12.2. The van der Waals surface area contributed by atoms with E-state index in [1.165, 1.54) is 26.2 Å². The van der Waals surface area contributed by atoms with Crippen LogP contribution in [0.15, 0.2) is 0 Å². The molecule has 6 heteroatoms. The first-order chi connectivity index (χ1) is 13.6. The van der Waals surface area contributed by atoms with Gasteiger partial charge in [0.2, 0.25) is 0 Å². The molecule has 1 rings (SSSR count). The summed E-state index contributed by atoms with van der Waals surface area (Å²) in [5.41, 5.74) is 0.581. The van der Waals surface area contributed by atoms with E-state index in [1.54, 1.807) is 0 Å². The van der Waals surface area contributed by atoms with E-state index in [1.807, 2.05) is 0 Å². The van der Waals surface area contributed by atoms with Crippen LogP contribution in [0.5, 0.6) is 0 Å². The van der Waals surface area contributed by atoms with Gasteiger partial charge >= 0.3 is 5.97 Å². The minimum atomic E-state index is -1.03. The van der Waals surface area contributed by atoms with Crippen LogP contribution in [-0.2, 0) is 19.0 Å². The zero-order chi connectivity index (χ0) is 22.1. The maximum absolute atomic E-state index is 11.6. The fourth-order valence-electron chi connectivity index (χ4n) is 4.35. The summed E-state index contributed by atoms with van der Waals surface area (Å²) in [4.78, 5) is 11.6. The molecule has 4 atom stereocenters. The fourth-order valence-corrected chi connectivity index (χ4v) is 4.35. The van der Waals surface area contributed by atoms with E-state index in [0.29, 0.717) is 18.4 Å². The highest BCUT2D eigenvalue weighted by molar-refractivity contribution is 5.66. The average Bonchev–Trinajstić information content (AvgIpc) is 3.02. The molecular formula is C23H44O6. The molecule has 1 aliphatic rings. The van der Waals surface area contributed by atoms with E-state index in [2.05, 4.69) is 34.6 Å². The monoisotopic (exact) mass is 416 g/mol. The number of ether oxygens (including phenoxy) is 3. The number of rotatable bonds is 14. The van der Waals surface area contributed by atoms with Crippen molar-refractivity contribution in [2.45, 2.75) is 118 Å². The van der Waals surface area contributed by atoms with E-state index in [4.69, 9.17) is 14.2 Å². The summed E-state index contributed by atoms with van der Waals surface area (Å²) in [5, 5.41) is 19.3. The maximum Gasteiger partial charge on any atom is 0.302 e. The molecule has 0 amide bonds. The van der Waals surface area contributed by atoms with E-state index >= 15 is 0 Å². The molecule has 0 aromatic carbocycles. The Balaban J connectivity index is 2.66. The molecule has 0 aromatic rings. The molecule has 0 aromatic heterocycles. The quantitative estimate of drug-likeness (QED) is 0.413. The SMILES string of the molecule is CCC(C)(CC)CC(CC)(CC)CCC(CCOC1OCC(O)C1O)OC(C)=O. The highest BCUT2D eigenvalue weighted by Crippen LogP contribution is 2.46. The normalized spacial score (nSPS) is 23.9. The predicted octanol–water partition coefficient (Wildman–Crippen LogP) is 4.21. The molecule has 0 bridgehead atoms. The van der Waals surface area contributed by atoms with Gasteiger partial charge in [-0.3, -0.25) is 4.79 Å². The Labute approximate surface area is 177 Å². The molecule has 0 aliphatic carbocycles. The number of carbonyl (C=O) groups excluding carboxylic acids is 1. The van der Waals surface area contributed by atoms with Gasteiger partial charge in [0.05, 0.1) is 13.2 Å². The van der Waals surface area contributed by atoms with Gasteiger partial charge in [0, 0.05) is 13.3 Å². The molecule has 1 heterocycles. The van der Waals surface area contributed by atoms with Crippen molar-refractivity contribution in [3.63, 3.8) is 0 Å². The van der Waals surface area contributed by atoms with Crippen LogP contribution in [0.4, 0.5) is 0 Å². The Kier molecular flexibility index (Phi) is 11.1. The Morgan fingerprint density at radius 2 is 1.72 bits per heavy atom. The van der Waals surface area contributed by atoms with Crippen LogP contribution in [0, 0.1) is 10.8 Å². The van der Waals surface area contributed by atoms with Crippen molar-refractivity contribution in [3.8, 4) is 0 Å². The lowest BCUT2D eigenvalue weighted by atomic mass is 9.65. The average molecular weight is 417 g/mol. The molecular weight excluding hydrogens is 372 g/mol. The number of carbonyl (C=O) groups is 1. The van der Waals surface area contributed by atoms with Crippen LogP contribution in [0.2, 0.25) is 0 Å². The number of hydrogen-bond acceptors (Lipinski definition) is 6. The van der Waals surface area contributed by atoms with Gasteiger partial charge in [0.15, 0.2) is 6.29 Å². The molecule has 0 saturated carbocycles. The smallest absolute Gasteiger partial charge is 0.302 e. The van der Waals surface area contributed by atoms with Crippen molar-refractivity contribution in [1.82, 2.24) is 0 Å². The van der Waals surface area contributed by atoms with Gasteiger partial charge in [-0.05, 0) is 30.1 Å². The van der Waals surface area contributed by atoms with Gasteiger partial charge in [0.1, 0.15) is 18.3 Å². The lowest BCUT2D eigenvalue weighted by Gasteiger charge is -2.41. The highest BCUT2D eigenvalue weighted by Gasteiger charge is 2.36. The van der Waals surface area contributed by atoms with Gasteiger partial charge in [0.25, 0.3) is 0 Å². The molecule has 6 nitrogen and oxygen atoms in total. The molecule has 4 unspecified atom stereocenters. The lowest BCUT2D eigenvalue weighted by molar-refractivity contribution is -0.162. The summed E-state index contributed by atoms with van der Waals surface area (Å²) in [6.45, 7) is 13.3. The molecule has 2 N–H and O–H groups in total. The zero-order valence-electron chi connectivity index (χ0n) is 19.4. The van der Waals surface area contributed by atoms with Crippen LogP contribution in [0.3, 0.4) is 0 Å². The maximum atomic E-state index is 11.6. The highest BCUT2D eigenvalue weighted by atomic mass is 16.7. The van der Waals surface area contributed by atoms with E-state index in [0.717, 1.165) is 25.7 Å². The number of aliphatic hydroxyl groups excluding tert-OH is 2. The van der Waals surface area contributed by atoms with Crippen molar-refractivity contribution in [2.24, 2.45) is 10.8 Å². The minimum Gasteiger partial charge on any atom is -0.462 e. The van der Waals surface area contributed by atoms with Crippen molar-refractivity contribution in [3.05, 3.63) is 0 Å². The summed E-state index contributed by atoms with van der Waals surface area (Å²) < 4.78 is 16.4. The summed E-state index contributed by atoms with van der Waals surface area (Å²) >= 11 is 0. The predicted molar refractivity (Wildman–Crippen MR) is 113 cm³/mol. The van der Waals surface area contributed by atoms with Crippen LogP contribution >= 0.6 is 0 Å². The van der Waals surface area contributed by atoms with Gasteiger partial charge < -0.3 is 24.4 Å². The number of aliphatic hydroxyl groups is 2. The third-order valence-electron chi connectivity index (χ3n) is 7.16. The molecule has 0 radical (unpaired) electrons. The van der Waals surface area contributed by atoms with Gasteiger partial charge in [-0.25, -0.2) is 0 Å². The standard InChI is InChI=1S/C23H44O6/c1-7-22(6,8-2)16-23(9-3,10-4)13-11-18(29-17(5)24)12-14-27-21-20(26)19(25)15-28-21/h18-21,25-26H,7-16H2,1-6H3. The molecule has 172 valence electrons. The summed E-state index contributed by atoms with van der Waals surface area (Å²) in [7, 11) is 0. The van der Waals surface area contributed by atoms with Crippen molar-refractivity contribution < 1.29 is 29.2 Å². The molecule has 1 fully saturated rings. The van der Waals surface area contributed by atoms with Crippen molar-refractivity contribution in [2.75, 3.05) is 13.2 Å². The van der Waals surface area contributed by atoms with Crippen LogP contribution < -0.4 is 0 Å². The Morgan fingerprint density at radius 1 is 1.10 bits per heavy atom. The van der Waals surface area contributed by atoms with E-state index in [9.17, 15) is 15.0 Å². The van der Waals surface area contributed by atoms with Gasteiger partial charge in [-0.15, -0.1) is 0 Å². The van der Waals surface area contributed by atoms with Gasteiger partial charge in [-0.1, -0.05) is 60.3 Å². The van der Waals surface area contributed by atoms with Crippen molar-refractivity contribution in [1.29, 1.82) is 0 Å².